The van der Waals surface area contributed by atoms with Crippen molar-refractivity contribution in [1.29, 1.82) is 0 Å². The van der Waals surface area contributed by atoms with Gasteiger partial charge in [0.2, 0.25) is 5.95 Å². The molecule has 11 heteroatoms. The zero-order chi connectivity index (χ0) is 32.4. The Kier molecular flexibility index (Phi) is 9.51. The summed E-state index contributed by atoms with van der Waals surface area (Å²) in [5.41, 5.74) is 3.24. The van der Waals surface area contributed by atoms with Gasteiger partial charge >= 0.3 is 0 Å². The highest BCUT2D eigenvalue weighted by Gasteiger charge is 2.33. The topological polar surface area (TPSA) is 106 Å². The van der Waals surface area contributed by atoms with Gasteiger partial charge in [0, 0.05) is 29.8 Å². The number of hydrogen-bond donors (Lipinski definition) is 2. The Morgan fingerprint density at radius 3 is 2.24 bits per heavy atom. The van der Waals surface area contributed by atoms with E-state index in [9.17, 15) is 14.4 Å². The van der Waals surface area contributed by atoms with Crippen LogP contribution in [0.1, 0.15) is 64.3 Å². The molecule has 45 heavy (non-hydrogen) atoms. The smallest absolute Gasteiger partial charge is 0.263 e. The van der Waals surface area contributed by atoms with Gasteiger partial charge in [-0.1, -0.05) is 49.2 Å². The highest BCUT2D eigenvalue weighted by Crippen LogP contribution is 2.31. The molecule has 2 amide bonds. The SMILES string of the molecule is CNC(=O)c1ccc(-n2c(N[C@@H](c3ccc(OC)cc3)C(C)C)nc3c(c2=O)C[C@@H](C)N(C(=O)c2ccc(Cl)c(Cl)c2)C3)cc1. The number of halogens is 2. The molecule has 1 aromatic heterocycles. The van der Waals surface area contributed by atoms with E-state index in [0.717, 1.165) is 11.3 Å². The van der Waals surface area contributed by atoms with Crippen LogP contribution in [-0.2, 0) is 13.0 Å². The van der Waals surface area contributed by atoms with Crippen molar-refractivity contribution in [1.82, 2.24) is 19.8 Å². The number of carbonyl (C=O) groups excluding carboxylic acids is 2. The number of rotatable bonds is 8. The molecule has 9 nitrogen and oxygen atoms in total. The first-order chi connectivity index (χ1) is 21.5. The van der Waals surface area contributed by atoms with Gasteiger partial charge in [-0.15, -0.1) is 0 Å². The van der Waals surface area contributed by atoms with Crippen LogP contribution in [0.4, 0.5) is 5.95 Å². The third-order valence-electron chi connectivity index (χ3n) is 8.08. The maximum atomic E-state index is 14.3. The molecule has 0 spiro atoms. The predicted octanol–water partition coefficient (Wildman–Crippen LogP) is 6.30. The van der Waals surface area contributed by atoms with E-state index in [1.54, 1.807) is 66.1 Å². The monoisotopic (exact) mass is 647 g/mol. The van der Waals surface area contributed by atoms with Crippen LogP contribution in [-0.4, -0.2) is 46.5 Å². The minimum atomic E-state index is -0.278. The van der Waals surface area contributed by atoms with Crippen molar-refractivity contribution in [2.75, 3.05) is 19.5 Å². The molecule has 0 fully saturated rings. The third-order valence-corrected chi connectivity index (χ3v) is 8.82. The lowest BCUT2D eigenvalue weighted by Crippen LogP contribution is -2.46. The number of nitrogens with one attached hydrogen (secondary N) is 2. The number of ether oxygens (including phenoxy) is 1. The Morgan fingerprint density at radius 1 is 0.978 bits per heavy atom. The van der Waals surface area contributed by atoms with Crippen molar-refractivity contribution < 1.29 is 14.3 Å². The molecule has 2 heterocycles. The molecular formula is C34H35Cl2N5O4. The number of fused-ring (bicyclic) bond motifs is 1. The van der Waals surface area contributed by atoms with Crippen molar-refractivity contribution in [3.05, 3.63) is 115 Å². The van der Waals surface area contributed by atoms with Crippen LogP contribution < -0.4 is 20.9 Å². The maximum Gasteiger partial charge on any atom is 0.263 e. The molecule has 2 atom stereocenters. The van der Waals surface area contributed by atoms with E-state index in [0.29, 0.717) is 50.5 Å². The second kappa shape index (κ2) is 13.3. The average molecular weight is 649 g/mol. The van der Waals surface area contributed by atoms with Crippen LogP contribution in [0.2, 0.25) is 10.0 Å². The maximum absolute atomic E-state index is 14.3. The molecule has 0 bridgehead atoms. The number of carbonyl (C=O) groups is 2. The molecule has 3 aromatic carbocycles. The van der Waals surface area contributed by atoms with Crippen molar-refractivity contribution in [2.45, 2.75) is 45.8 Å². The summed E-state index contributed by atoms with van der Waals surface area (Å²) in [7, 11) is 3.19. The van der Waals surface area contributed by atoms with Gasteiger partial charge in [0.1, 0.15) is 5.75 Å². The van der Waals surface area contributed by atoms with E-state index in [1.807, 2.05) is 31.2 Å². The number of amides is 2. The van der Waals surface area contributed by atoms with Gasteiger partial charge in [0.25, 0.3) is 17.4 Å². The molecular weight excluding hydrogens is 613 g/mol. The largest absolute Gasteiger partial charge is 0.497 e. The van der Waals surface area contributed by atoms with E-state index >= 15 is 0 Å². The van der Waals surface area contributed by atoms with Crippen molar-refractivity contribution in [3.63, 3.8) is 0 Å². The van der Waals surface area contributed by atoms with Gasteiger partial charge in [-0.25, -0.2) is 9.55 Å². The Labute approximate surface area is 272 Å². The first-order valence-corrected chi connectivity index (χ1v) is 15.4. The molecule has 1 aliphatic rings. The molecule has 5 rings (SSSR count). The molecule has 0 unspecified atom stereocenters. The summed E-state index contributed by atoms with van der Waals surface area (Å²) in [5.74, 6) is 0.730. The average Bonchev–Trinajstić information content (AvgIpc) is 3.04. The highest BCUT2D eigenvalue weighted by atomic mass is 35.5. The normalized spacial score (nSPS) is 14.9. The van der Waals surface area contributed by atoms with E-state index in [-0.39, 0.29) is 41.9 Å². The van der Waals surface area contributed by atoms with Crippen LogP contribution in [0.25, 0.3) is 5.69 Å². The third kappa shape index (κ3) is 6.55. The second-order valence-corrected chi connectivity index (χ2v) is 12.2. The lowest BCUT2D eigenvalue weighted by atomic mass is 9.96. The quantitative estimate of drug-likeness (QED) is 0.232. The molecule has 1 aliphatic heterocycles. The summed E-state index contributed by atoms with van der Waals surface area (Å²) < 4.78 is 6.90. The first kappa shape index (κ1) is 32.1. The second-order valence-electron chi connectivity index (χ2n) is 11.4. The Balaban J connectivity index is 1.61. The van der Waals surface area contributed by atoms with Gasteiger partial charge in [0.05, 0.1) is 41.1 Å². The lowest BCUT2D eigenvalue weighted by Gasteiger charge is -2.35. The van der Waals surface area contributed by atoms with E-state index < -0.39 is 0 Å². The van der Waals surface area contributed by atoms with Gasteiger partial charge in [-0.3, -0.25) is 14.4 Å². The molecule has 0 saturated heterocycles. The van der Waals surface area contributed by atoms with Crippen LogP contribution in [0.15, 0.2) is 71.5 Å². The van der Waals surface area contributed by atoms with Crippen molar-refractivity contribution in [3.8, 4) is 11.4 Å². The number of aromatic nitrogens is 2. The molecule has 0 saturated carbocycles. The predicted molar refractivity (Wildman–Crippen MR) is 177 cm³/mol. The van der Waals surface area contributed by atoms with E-state index in [2.05, 4.69) is 24.5 Å². The summed E-state index contributed by atoms with van der Waals surface area (Å²) in [4.78, 5) is 46.8. The number of methoxy groups -OCH3 is 1. The molecule has 234 valence electrons. The van der Waals surface area contributed by atoms with Crippen molar-refractivity contribution in [2.24, 2.45) is 5.92 Å². The fourth-order valence-corrected chi connectivity index (χ4v) is 5.85. The first-order valence-electron chi connectivity index (χ1n) is 14.7. The minimum Gasteiger partial charge on any atom is -0.497 e. The highest BCUT2D eigenvalue weighted by molar-refractivity contribution is 6.42. The summed E-state index contributed by atoms with van der Waals surface area (Å²) in [5, 5.41) is 6.81. The lowest BCUT2D eigenvalue weighted by molar-refractivity contribution is 0.0653. The van der Waals surface area contributed by atoms with E-state index in [4.69, 9.17) is 32.9 Å². The summed E-state index contributed by atoms with van der Waals surface area (Å²) in [6.45, 7) is 6.22. The molecule has 2 N–H and O–H groups in total. The van der Waals surface area contributed by atoms with Crippen molar-refractivity contribution >= 4 is 41.0 Å². The molecule has 0 radical (unpaired) electrons. The fraction of sp³-hybridized carbons (Fsp3) is 0.294. The zero-order valence-corrected chi connectivity index (χ0v) is 27.2. The van der Waals surface area contributed by atoms with Crippen LogP contribution in [0.5, 0.6) is 5.75 Å². The molecule has 4 aromatic rings. The molecule has 0 aliphatic carbocycles. The van der Waals surface area contributed by atoms with Gasteiger partial charge in [0.15, 0.2) is 0 Å². The number of benzene rings is 3. The van der Waals surface area contributed by atoms with Gasteiger partial charge in [-0.05, 0) is 79.4 Å². The Hall–Kier alpha value is -4.34. The van der Waals surface area contributed by atoms with E-state index in [1.165, 1.54) is 0 Å². The van der Waals surface area contributed by atoms with Gasteiger partial charge in [-0.2, -0.15) is 0 Å². The summed E-state index contributed by atoms with van der Waals surface area (Å²) in [6.07, 6.45) is 0.316. The van der Waals surface area contributed by atoms with Crippen LogP contribution in [0.3, 0.4) is 0 Å². The zero-order valence-electron chi connectivity index (χ0n) is 25.7. The summed E-state index contributed by atoms with van der Waals surface area (Å²) >= 11 is 12.3. The standard InChI is InChI=1S/C34H35Cl2N5O4/c1-19(2)30(21-8-13-25(45-5)14-9-21)39-34-38-29-18-40(32(43)23-10-15-27(35)28(36)17-23)20(3)16-26(29)33(44)41(34)24-11-6-22(7-12-24)31(42)37-4/h6-15,17,19-20,30H,16,18H2,1-5H3,(H,37,42)(H,38,39)/t20-,30-/m1/s1. The van der Waals surface area contributed by atoms with Crippen LogP contribution in [0, 0.1) is 5.92 Å². The fourth-order valence-electron chi connectivity index (χ4n) is 5.55. The van der Waals surface area contributed by atoms with Gasteiger partial charge < -0.3 is 20.3 Å². The Bertz CT molecular complexity index is 1790. The number of hydrogen-bond acceptors (Lipinski definition) is 6. The number of nitrogens with zero attached hydrogens (tertiary/aromatic N) is 3. The summed E-state index contributed by atoms with van der Waals surface area (Å²) in [6, 6.07) is 18.9. The Morgan fingerprint density at radius 2 is 1.64 bits per heavy atom. The number of anilines is 1. The van der Waals surface area contributed by atoms with Crippen LogP contribution >= 0.6 is 23.2 Å². The minimum absolute atomic E-state index is 0.114.